The minimum Gasteiger partial charge on any atom is -0.361 e. The van der Waals surface area contributed by atoms with Crippen molar-refractivity contribution in [2.45, 2.75) is 24.0 Å². The maximum absolute atomic E-state index is 11.4. The third-order valence-corrected chi connectivity index (χ3v) is 2.85. The van der Waals surface area contributed by atoms with Crippen LogP contribution in [-0.4, -0.2) is 17.3 Å². The predicted molar refractivity (Wildman–Crippen MR) is 51.6 cm³/mol. The zero-order chi connectivity index (χ0) is 9.26. The summed E-state index contributed by atoms with van der Waals surface area (Å²) in [7, 11) is 0. The molecule has 2 unspecified atom stereocenters. The smallest absolute Gasteiger partial charge is 0.225 e. The van der Waals surface area contributed by atoms with E-state index in [2.05, 4.69) is 0 Å². The number of thioether (sulfide) groups is 1. The summed E-state index contributed by atoms with van der Waals surface area (Å²) in [6.45, 7) is 1.91. The first-order valence-corrected chi connectivity index (χ1v) is 5.01. The van der Waals surface area contributed by atoms with Crippen molar-refractivity contribution in [1.29, 1.82) is 0 Å². The molecule has 0 N–H and O–H groups in total. The van der Waals surface area contributed by atoms with Crippen molar-refractivity contribution in [1.82, 2.24) is 0 Å². The average molecular weight is 194 g/mol. The second-order valence-corrected chi connectivity index (χ2v) is 4.07. The van der Waals surface area contributed by atoms with Gasteiger partial charge in [-0.05, 0) is 30.8 Å². The second-order valence-electron chi connectivity index (χ2n) is 3.00. The van der Waals surface area contributed by atoms with Crippen molar-refractivity contribution < 1.29 is 9.53 Å². The molecule has 1 aliphatic rings. The third kappa shape index (κ3) is 2.11. The van der Waals surface area contributed by atoms with Crippen molar-refractivity contribution in [3.63, 3.8) is 0 Å². The van der Waals surface area contributed by atoms with Gasteiger partial charge in [0.15, 0.2) is 6.10 Å². The normalized spacial score (nSPS) is 25.6. The minimum atomic E-state index is -0.176. The van der Waals surface area contributed by atoms with Gasteiger partial charge in [-0.1, -0.05) is 18.2 Å². The number of carbonyl (C=O) groups is 1. The third-order valence-electron chi connectivity index (χ3n) is 1.90. The fourth-order valence-corrected chi connectivity index (χ4v) is 1.98. The Balaban J connectivity index is 1.95. The number of rotatable bonds is 2. The van der Waals surface area contributed by atoms with E-state index in [0.717, 1.165) is 4.90 Å². The quantitative estimate of drug-likeness (QED) is 0.533. The van der Waals surface area contributed by atoms with E-state index in [1.807, 2.05) is 37.3 Å². The molecule has 3 heteroatoms. The Morgan fingerprint density at radius 2 is 2.00 bits per heavy atom. The standard InChI is InChI=1S/C10H10O2S/c1-7-9(12-7)10(11)13-8-5-3-2-4-6-8/h2-7,9H,1H3. The van der Waals surface area contributed by atoms with E-state index in [0.29, 0.717) is 0 Å². The van der Waals surface area contributed by atoms with E-state index < -0.39 is 0 Å². The molecule has 68 valence electrons. The first-order valence-electron chi connectivity index (χ1n) is 4.19. The van der Waals surface area contributed by atoms with Gasteiger partial charge >= 0.3 is 0 Å². The molecule has 1 aliphatic heterocycles. The van der Waals surface area contributed by atoms with Crippen LogP contribution in [-0.2, 0) is 9.53 Å². The van der Waals surface area contributed by atoms with Crippen LogP contribution in [0, 0.1) is 0 Å². The Labute approximate surface area is 81.3 Å². The average Bonchev–Trinajstić information content (AvgIpc) is 2.84. The summed E-state index contributed by atoms with van der Waals surface area (Å²) in [5, 5.41) is 0.110. The topological polar surface area (TPSA) is 29.6 Å². The molecule has 1 aromatic carbocycles. The van der Waals surface area contributed by atoms with E-state index in [-0.39, 0.29) is 17.3 Å². The SMILES string of the molecule is CC1OC1C(=O)Sc1ccccc1. The Bertz CT molecular complexity index is 310. The summed E-state index contributed by atoms with van der Waals surface area (Å²) in [5.74, 6) is 0. The van der Waals surface area contributed by atoms with Gasteiger partial charge in [0.1, 0.15) is 0 Å². The van der Waals surface area contributed by atoms with E-state index >= 15 is 0 Å². The Hall–Kier alpha value is -0.800. The molecule has 2 atom stereocenters. The molecule has 0 saturated carbocycles. The van der Waals surface area contributed by atoms with Gasteiger partial charge in [-0.25, -0.2) is 0 Å². The molecule has 0 aliphatic carbocycles. The molecule has 0 radical (unpaired) electrons. The molecule has 0 aromatic heterocycles. The zero-order valence-electron chi connectivity index (χ0n) is 7.27. The highest BCUT2D eigenvalue weighted by Gasteiger charge is 2.41. The van der Waals surface area contributed by atoms with Crippen LogP contribution in [0.2, 0.25) is 0 Å². The molecule has 0 spiro atoms. The molecule has 2 rings (SSSR count). The summed E-state index contributed by atoms with van der Waals surface area (Å²) in [4.78, 5) is 12.4. The summed E-state index contributed by atoms with van der Waals surface area (Å²) < 4.78 is 5.08. The Morgan fingerprint density at radius 1 is 1.38 bits per heavy atom. The van der Waals surface area contributed by atoms with Crippen molar-refractivity contribution in [3.05, 3.63) is 30.3 Å². The van der Waals surface area contributed by atoms with E-state index in [1.165, 1.54) is 11.8 Å². The number of hydrogen-bond acceptors (Lipinski definition) is 3. The monoisotopic (exact) mass is 194 g/mol. The molecule has 1 aromatic rings. The van der Waals surface area contributed by atoms with Gasteiger partial charge in [0.2, 0.25) is 5.12 Å². The summed E-state index contributed by atoms with van der Waals surface area (Å²) in [6.07, 6.45) is -0.0612. The van der Waals surface area contributed by atoms with E-state index in [9.17, 15) is 4.79 Å². The minimum absolute atomic E-state index is 0.110. The fourth-order valence-electron chi connectivity index (χ4n) is 1.10. The van der Waals surface area contributed by atoms with Crippen molar-refractivity contribution in [2.75, 3.05) is 0 Å². The van der Waals surface area contributed by atoms with Gasteiger partial charge < -0.3 is 4.74 Å². The summed E-state index contributed by atoms with van der Waals surface area (Å²) in [6, 6.07) is 9.63. The van der Waals surface area contributed by atoms with Crippen LogP contribution >= 0.6 is 11.8 Å². The molecule has 13 heavy (non-hydrogen) atoms. The molecule has 1 fully saturated rings. The van der Waals surface area contributed by atoms with Gasteiger partial charge in [0.05, 0.1) is 6.10 Å². The summed E-state index contributed by atoms with van der Waals surface area (Å²) in [5.41, 5.74) is 0. The maximum atomic E-state index is 11.4. The van der Waals surface area contributed by atoms with Gasteiger partial charge in [-0.3, -0.25) is 4.79 Å². The lowest BCUT2D eigenvalue weighted by molar-refractivity contribution is -0.112. The number of hydrogen-bond donors (Lipinski definition) is 0. The number of epoxide rings is 1. The van der Waals surface area contributed by atoms with Crippen LogP contribution in [0.15, 0.2) is 35.2 Å². The van der Waals surface area contributed by atoms with Gasteiger partial charge in [-0.2, -0.15) is 0 Å². The first-order chi connectivity index (χ1) is 6.27. The molecule has 1 heterocycles. The first kappa shape index (κ1) is 8.78. The largest absolute Gasteiger partial charge is 0.361 e. The molecule has 2 nitrogen and oxygen atoms in total. The highest BCUT2D eigenvalue weighted by molar-refractivity contribution is 8.13. The lowest BCUT2D eigenvalue weighted by Crippen LogP contribution is -2.02. The van der Waals surface area contributed by atoms with Crippen LogP contribution in [0.1, 0.15) is 6.92 Å². The van der Waals surface area contributed by atoms with Gasteiger partial charge in [-0.15, -0.1) is 0 Å². The molecular weight excluding hydrogens is 184 g/mol. The molecule has 0 bridgehead atoms. The van der Waals surface area contributed by atoms with E-state index in [1.54, 1.807) is 0 Å². The highest BCUT2D eigenvalue weighted by atomic mass is 32.2. The van der Waals surface area contributed by atoms with Gasteiger partial charge in [0, 0.05) is 4.90 Å². The van der Waals surface area contributed by atoms with Crippen molar-refractivity contribution in [2.24, 2.45) is 0 Å². The Morgan fingerprint density at radius 3 is 2.54 bits per heavy atom. The van der Waals surface area contributed by atoms with Gasteiger partial charge in [0.25, 0.3) is 0 Å². The molecule has 0 amide bonds. The number of ether oxygens (including phenoxy) is 1. The van der Waals surface area contributed by atoms with Crippen molar-refractivity contribution in [3.8, 4) is 0 Å². The molecular formula is C10H10O2S. The van der Waals surface area contributed by atoms with Crippen LogP contribution in [0.3, 0.4) is 0 Å². The predicted octanol–water partition coefficient (Wildman–Crippen LogP) is 2.09. The zero-order valence-corrected chi connectivity index (χ0v) is 8.08. The van der Waals surface area contributed by atoms with Crippen LogP contribution in [0.5, 0.6) is 0 Å². The fraction of sp³-hybridized carbons (Fsp3) is 0.300. The summed E-state index contributed by atoms with van der Waals surface area (Å²) >= 11 is 1.25. The maximum Gasteiger partial charge on any atom is 0.225 e. The second kappa shape index (κ2) is 3.52. The lowest BCUT2D eigenvalue weighted by Gasteiger charge is -1.95. The number of benzene rings is 1. The molecule has 1 saturated heterocycles. The highest BCUT2D eigenvalue weighted by Crippen LogP contribution is 2.30. The number of carbonyl (C=O) groups excluding carboxylic acids is 1. The van der Waals surface area contributed by atoms with E-state index in [4.69, 9.17) is 4.74 Å². The Kier molecular flexibility index (Phi) is 2.38. The van der Waals surface area contributed by atoms with Crippen LogP contribution in [0.25, 0.3) is 0 Å². The van der Waals surface area contributed by atoms with Crippen LogP contribution < -0.4 is 0 Å². The van der Waals surface area contributed by atoms with Crippen molar-refractivity contribution >= 4 is 16.9 Å². The van der Waals surface area contributed by atoms with Crippen LogP contribution in [0.4, 0.5) is 0 Å². The lowest BCUT2D eigenvalue weighted by atomic mass is 10.4.